The monoisotopic (exact) mass is 259 g/mol. The number of nitrogens with zero attached hydrogens (tertiary/aromatic N) is 1. The molecular weight excluding hydrogens is 245 g/mol. The Kier molecular flexibility index (Phi) is 3.80. The van der Waals surface area contributed by atoms with E-state index in [2.05, 4.69) is 0 Å². The van der Waals surface area contributed by atoms with E-state index < -0.39 is 5.82 Å². The fourth-order valence-corrected chi connectivity index (χ4v) is 1.66. The summed E-state index contributed by atoms with van der Waals surface area (Å²) in [5.41, 5.74) is 2.06. The van der Waals surface area contributed by atoms with Crippen molar-refractivity contribution >= 4 is 11.9 Å². The first kappa shape index (κ1) is 13.1. The number of hydrogen-bond acceptors (Lipinski definition) is 2. The van der Waals surface area contributed by atoms with Crippen LogP contribution in [0.4, 0.5) is 10.1 Å². The Morgan fingerprint density at radius 3 is 2.42 bits per heavy atom. The number of aryl methyl sites for hydroxylation is 1. The Morgan fingerprint density at radius 2 is 1.84 bits per heavy atom. The zero-order chi connectivity index (χ0) is 13.8. The van der Waals surface area contributed by atoms with E-state index in [0.29, 0.717) is 16.0 Å². The molecule has 0 heterocycles. The minimum absolute atomic E-state index is 0.157. The molecule has 0 fully saturated rings. The first-order chi connectivity index (χ1) is 9.10. The smallest absolute Gasteiger partial charge is 0.216 e. The van der Waals surface area contributed by atoms with E-state index >= 15 is 0 Å². The molecule has 0 spiro atoms. The highest BCUT2D eigenvalue weighted by atomic mass is 19.1. The summed E-state index contributed by atoms with van der Waals surface area (Å²) >= 11 is 0. The molecule has 0 aliphatic heterocycles. The Hall–Kier alpha value is -2.36. The van der Waals surface area contributed by atoms with E-state index in [0.717, 1.165) is 5.56 Å². The van der Waals surface area contributed by atoms with Crippen LogP contribution in [-0.2, 0) is 0 Å². The number of methoxy groups -OCH3 is 1. The quantitative estimate of drug-likeness (QED) is 0.366. The van der Waals surface area contributed by atoms with Crippen LogP contribution in [0.2, 0.25) is 0 Å². The maximum atomic E-state index is 13.5. The molecule has 98 valence electrons. The topological polar surface area (TPSA) is 35.3 Å². The number of ether oxygens (including phenoxy) is 1. The molecule has 0 aliphatic rings. The van der Waals surface area contributed by atoms with Gasteiger partial charge in [-0.2, -0.15) is 4.74 Å². The van der Waals surface area contributed by atoms with Crippen LogP contribution >= 0.6 is 0 Å². The van der Waals surface area contributed by atoms with E-state index in [4.69, 9.17) is 4.74 Å². The van der Waals surface area contributed by atoms with Gasteiger partial charge in [-0.15, -0.1) is 0 Å². The molecule has 0 saturated heterocycles. The van der Waals surface area contributed by atoms with Gasteiger partial charge in [0, 0.05) is 17.7 Å². The van der Waals surface area contributed by atoms with Crippen molar-refractivity contribution in [2.24, 2.45) is 0 Å². The second-order valence-electron chi connectivity index (χ2n) is 4.18. The van der Waals surface area contributed by atoms with Gasteiger partial charge in [0.15, 0.2) is 17.8 Å². The third kappa shape index (κ3) is 3.10. The SMILES string of the molecule is COc1ccc(/C=[N+](\[O-])c2ccc(C)cc2)cc1F. The molecule has 0 aliphatic carbocycles. The molecule has 2 rings (SSSR count). The summed E-state index contributed by atoms with van der Waals surface area (Å²) in [7, 11) is 1.40. The average Bonchev–Trinajstić information content (AvgIpc) is 2.39. The molecule has 2 aromatic rings. The van der Waals surface area contributed by atoms with E-state index in [1.165, 1.54) is 25.5 Å². The third-order valence-corrected chi connectivity index (χ3v) is 2.73. The maximum absolute atomic E-state index is 13.5. The van der Waals surface area contributed by atoms with Crippen molar-refractivity contribution in [2.75, 3.05) is 7.11 Å². The molecule has 4 heteroatoms. The second-order valence-corrected chi connectivity index (χ2v) is 4.18. The van der Waals surface area contributed by atoms with E-state index in [9.17, 15) is 9.60 Å². The van der Waals surface area contributed by atoms with Crippen LogP contribution in [0.5, 0.6) is 5.75 Å². The number of benzene rings is 2. The summed E-state index contributed by atoms with van der Waals surface area (Å²) in [6.07, 6.45) is 1.33. The van der Waals surface area contributed by atoms with Crippen molar-refractivity contribution in [3.63, 3.8) is 0 Å². The van der Waals surface area contributed by atoms with Crippen LogP contribution in [0, 0.1) is 17.9 Å². The van der Waals surface area contributed by atoms with E-state index in [1.807, 2.05) is 19.1 Å². The molecule has 3 nitrogen and oxygen atoms in total. The van der Waals surface area contributed by atoms with Gasteiger partial charge in [0.05, 0.1) is 7.11 Å². The lowest BCUT2D eigenvalue weighted by Gasteiger charge is -2.04. The van der Waals surface area contributed by atoms with Gasteiger partial charge in [0.25, 0.3) is 0 Å². The van der Waals surface area contributed by atoms with Crippen LogP contribution in [0.15, 0.2) is 42.5 Å². The lowest BCUT2D eigenvalue weighted by Crippen LogP contribution is -1.99. The fourth-order valence-electron chi connectivity index (χ4n) is 1.66. The predicted octanol–water partition coefficient (Wildman–Crippen LogP) is 3.40. The highest BCUT2D eigenvalue weighted by Gasteiger charge is 2.05. The Bertz CT molecular complexity index is 606. The molecule has 0 radical (unpaired) electrons. The van der Waals surface area contributed by atoms with Crippen LogP contribution in [0.25, 0.3) is 0 Å². The normalized spacial score (nSPS) is 11.4. The summed E-state index contributed by atoms with van der Waals surface area (Å²) in [6, 6.07) is 11.5. The lowest BCUT2D eigenvalue weighted by molar-refractivity contribution is -0.354. The first-order valence-electron chi connectivity index (χ1n) is 5.81. The lowest BCUT2D eigenvalue weighted by atomic mass is 10.2. The minimum Gasteiger partial charge on any atom is -0.618 e. The van der Waals surface area contributed by atoms with Crippen molar-refractivity contribution < 1.29 is 13.9 Å². The Morgan fingerprint density at radius 1 is 1.16 bits per heavy atom. The molecule has 0 atom stereocenters. The molecule has 0 saturated carbocycles. The molecule has 2 aromatic carbocycles. The molecule has 0 N–H and O–H groups in total. The Labute approximate surface area is 111 Å². The summed E-state index contributed by atoms with van der Waals surface area (Å²) in [6.45, 7) is 1.95. The highest BCUT2D eigenvalue weighted by molar-refractivity contribution is 5.77. The number of hydrogen-bond donors (Lipinski definition) is 0. The minimum atomic E-state index is -0.492. The maximum Gasteiger partial charge on any atom is 0.216 e. The van der Waals surface area contributed by atoms with Gasteiger partial charge >= 0.3 is 0 Å². The van der Waals surface area contributed by atoms with Crippen LogP contribution in [0.3, 0.4) is 0 Å². The van der Waals surface area contributed by atoms with Crippen molar-refractivity contribution in [3.05, 3.63) is 64.6 Å². The number of rotatable bonds is 3. The highest BCUT2D eigenvalue weighted by Crippen LogP contribution is 2.17. The summed E-state index contributed by atoms with van der Waals surface area (Å²) < 4.78 is 19.0. The zero-order valence-corrected chi connectivity index (χ0v) is 10.8. The average molecular weight is 259 g/mol. The summed E-state index contributed by atoms with van der Waals surface area (Å²) in [5, 5.41) is 11.9. The van der Waals surface area contributed by atoms with Crippen LogP contribution in [-0.4, -0.2) is 18.1 Å². The molecular formula is C15H14FNO2. The second kappa shape index (κ2) is 5.52. The zero-order valence-electron chi connectivity index (χ0n) is 10.8. The van der Waals surface area contributed by atoms with Crippen molar-refractivity contribution in [2.45, 2.75) is 6.92 Å². The van der Waals surface area contributed by atoms with Crippen LogP contribution < -0.4 is 4.74 Å². The molecule has 0 bridgehead atoms. The van der Waals surface area contributed by atoms with Gasteiger partial charge in [-0.1, -0.05) is 17.7 Å². The van der Waals surface area contributed by atoms with Crippen molar-refractivity contribution in [1.82, 2.24) is 0 Å². The predicted molar refractivity (Wildman–Crippen MR) is 72.6 cm³/mol. The molecule has 0 unspecified atom stereocenters. The van der Waals surface area contributed by atoms with Gasteiger partial charge in [0.2, 0.25) is 5.69 Å². The van der Waals surface area contributed by atoms with E-state index in [1.54, 1.807) is 18.2 Å². The molecule has 0 amide bonds. The largest absolute Gasteiger partial charge is 0.618 e. The summed E-state index contributed by atoms with van der Waals surface area (Å²) in [5.74, 6) is -0.335. The van der Waals surface area contributed by atoms with Gasteiger partial charge in [-0.3, -0.25) is 0 Å². The fraction of sp³-hybridized carbons (Fsp3) is 0.133. The van der Waals surface area contributed by atoms with Gasteiger partial charge in [-0.25, -0.2) is 4.39 Å². The molecule has 19 heavy (non-hydrogen) atoms. The van der Waals surface area contributed by atoms with Crippen LogP contribution in [0.1, 0.15) is 11.1 Å². The van der Waals surface area contributed by atoms with Crippen molar-refractivity contribution in [1.29, 1.82) is 0 Å². The van der Waals surface area contributed by atoms with Crippen molar-refractivity contribution in [3.8, 4) is 5.75 Å². The first-order valence-corrected chi connectivity index (χ1v) is 5.81. The third-order valence-electron chi connectivity index (χ3n) is 2.73. The number of halogens is 1. The Balaban J connectivity index is 2.30. The molecule has 0 aromatic heterocycles. The standard InChI is InChI=1S/C15H14FNO2/c1-11-3-6-13(7-4-11)17(18)10-12-5-8-15(19-2)14(16)9-12/h3-10H,1-2H3/b17-10-. The van der Waals surface area contributed by atoms with Gasteiger partial charge in [0.1, 0.15) is 0 Å². The van der Waals surface area contributed by atoms with E-state index in [-0.39, 0.29) is 5.75 Å². The van der Waals surface area contributed by atoms with Gasteiger partial charge < -0.3 is 9.94 Å². The summed E-state index contributed by atoms with van der Waals surface area (Å²) in [4.78, 5) is 0. The van der Waals surface area contributed by atoms with Gasteiger partial charge in [-0.05, 0) is 25.1 Å².